The second kappa shape index (κ2) is 12.6. The van der Waals surface area contributed by atoms with Crippen molar-refractivity contribution in [2.24, 2.45) is 11.7 Å². The molecule has 0 atom stereocenters. The van der Waals surface area contributed by atoms with Gasteiger partial charge in [0.2, 0.25) is 11.8 Å². The summed E-state index contributed by atoms with van der Waals surface area (Å²) in [5.74, 6) is 0.524. The SMILES string of the molecule is CCC(=O)N(C(C)C)[C@H]1CC[C@H](CC(=O)Nc2cnc(-c3ccc([C@]4(N)C[C@](C)(O)C4)cc3)c(-c3ccccc3)c2)CC1. The fourth-order valence-corrected chi connectivity index (χ4v) is 7.27. The quantitative estimate of drug-likeness (QED) is 0.262. The van der Waals surface area contributed by atoms with Crippen LogP contribution in [0.1, 0.15) is 84.6 Å². The lowest BCUT2D eigenvalue weighted by Gasteiger charge is -2.49. The van der Waals surface area contributed by atoms with Crippen LogP contribution in [0.5, 0.6) is 0 Å². The molecule has 0 unspecified atom stereocenters. The van der Waals surface area contributed by atoms with Gasteiger partial charge in [-0.1, -0.05) is 61.5 Å². The Hall–Kier alpha value is -3.55. The van der Waals surface area contributed by atoms with Crippen molar-refractivity contribution < 1.29 is 14.7 Å². The van der Waals surface area contributed by atoms with Crippen molar-refractivity contribution in [2.45, 2.75) is 102 Å². The highest BCUT2D eigenvalue weighted by molar-refractivity contribution is 5.93. The first-order chi connectivity index (χ1) is 20.5. The van der Waals surface area contributed by atoms with Gasteiger partial charge in [0.15, 0.2) is 0 Å². The first-order valence-corrected chi connectivity index (χ1v) is 15.8. The van der Waals surface area contributed by atoms with Gasteiger partial charge < -0.3 is 21.1 Å². The zero-order valence-corrected chi connectivity index (χ0v) is 26.0. The van der Waals surface area contributed by atoms with Gasteiger partial charge in [-0.2, -0.15) is 0 Å². The number of carbonyl (C=O) groups excluding carboxylic acids is 2. The van der Waals surface area contributed by atoms with E-state index >= 15 is 0 Å². The standard InChI is InChI=1S/C36H46N4O3/c1-5-33(42)40(24(2)3)30-17-11-25(12-18-30)19-32(41)39-29-20-31(26-9-7-6-8-10-26)34(38-21-29)27-13-15-28(16-14-27)36(37)22-35(4,43)23-36/h6-10,13-16,20-21,24-25,30,43H,5,11-12,17-19,22-23,37H2,1-4H3,(H,39,41)/t25-,30-,35-,36-. The molecule has 0 radical (unpaired) electrons. The Morgan fingerprint density at radius 2 is 1.67 bits per heavy atom. The Balaban J connectivity index is 1.27. The second-order valence-corrected chi connectivity index (χ2v) is 13.2. The topological polar surface area (TPSA) is 109 Å². The van der Waals surface area contributed by atoms with Gasteiger partial charge in [0.05, 0.1) is 23.2 Å². The summed E-state index contributed by atoms with van der Waals surface area (Å²) < 4.78 is 0. The summed E-state index contributed by atoms with van der Waals surface area (Å²) in [6.07, 6.45) is 7.59. The summed E-state index contributed by atoms with van der Waals surface area (Å²) in [6, 6.07) is 20.7. The first-order valence-electron chi connectivity index (χ1n) is 15.8. The number of anilines is 1. The Morgan fingerprint density at radius 3 is 2.26 bits per heavy atom. The van der Waals surface area contributed by atoms with Crippen LogP contribution in [0, 0.1) is 5.92 Å². The number of nitrogens with one attached hydrogen (secondary N) is 1. The van der Waals surface area contributed by atoms with Crippen molar-refractivity contribution in [2.75, 3.05) is 5.32 Å². The van der Waals surface area contributed by atoms with E-state index < -0.39 is 11.1 Å². The van der Waals surface area contributed by atoms with Gasteiger partial charge in [0.1, 0.15) is 0 Å². The van der Waals surface area contributed by atoms with Crippen molar-refractivity contribution in [1.29, 1.82) is 0 Å². The van der Waals surface area contributed by atoms with E-state index in [-0.39, 0.29) is 23.9 Å². The van der Waals surface area contributed by atoms with E-state index in [0.717, 1.165) is 53.6 Å². The van der Waals surface area contributed by atoms with Gasteiger partial charge in [-0.05, 0) is 82.4 Å². The summed E-state index contributed by atoms with van der Waals surface area (Å²) in [6.45, 7) is 7.92. The van der Waals surface area contributed by atoms with E-state index in [0.29, 0.717) is 37.3 Å². The van der Waals surface area contributed by atoms with E-state index in [9.17, 15) is 14.7 Å². The summed E-state index contributed by atoms with van der Waals surface area (Å²) in [4.78, 5) is 32.5. The molecule has 0 aliphatic heterocycles. The van der Waals surface area contributed by atoms with Crippen molar-refractivity contribution in [3.05, 3.63) is 72.4 Å². The molecule has 0 bridgehead atoms. The smallest absolute Gasteiger partial charge is 0.224 e. The molecule has 7 nitrogen and oxygen atoms in total. The lowest BCUT2D eigenvalue weighted by atomic mass is 9.63. The van der Waals surface area contributed by atoms with E-state index in [1.165, 1.54) is 0 Å². The van der Waals surface area contributed by atoms with Crippen molar-refractivity contribution in [3.8, 4) is 22.4 Å². The van der Waals surface area contributed by atoms with Gasteiger partial charge >= 0.3 is 0 Å². The van der Waals surface area contributed by atoms with E-state index in [4.69, 9.17) is 10.7 Å². The normalized spacial score (nSPS) is 25.2. The molecule has 43 heavy (non-hydrogen) atoms. The van der Waals surface area contributed by atoms with Crippen LogP contribution in [0.4, 0.5) is 5.69 Å². The maximum atomic E-state index is 13.1. The molecule has 2 aliphatic rings. The minimum absolute atomic E-state index is 0.00339. The van der Waals surface area contributed by atoms with E-state index in [2.05, 4.69) is 19.2 Å². The largest absolute Gasteiger partial charge is 0.390 e. The number of hydrogen-bond donors (Lipinski definition) is 3. The van der Waals surface area contributed by atoms with Gasteiger partial charge in [-0.15, -0.1) is 0 Å². The lowest BCUT2D eigenvalue weighted by molar-refractivity contribution is -0.136. The number of nitrogens with zero attached hydrogens (tertiary/aromatic N) is 2. The van der Waals surface area contributed by atoms with E-state index in [1.54, 1.807) is 6.20 Å². The Morgan fingerprint density at radius 1 is 1.02 bits per heavy atom. The third-order valence-corrected chi connectivity index (χ3v) is 9.21. The molecule has 7 heteroatoms. The van der Waals surface area contributed by atoms with Gasteiger partial charge in [0, 0.05) is 41.6 Å². The molecule has 2 aromatic carbocycles. The van der Waals surface area contributed by atoms with Crippen molar-refractivity contribution in [1.82, 2.24) is 9.88 Å². The number of amides is 2. The number of nitrogens with two attached hydrogens (primary N) is 1. The molecular weight excluding hydrogens is 536 g/mol. The number of carbonyl (C=O) groups is 2. The lowest BCUT2D eigenvalue weighted by Crippen LogP contribution is -2.58. The maximum absolute atomic E-state index is 13.1. The van der Waals surface area contributed by atoms with Crippen LogP contribution < -0.4 is 11.1 Å². The number of rotatable bonds is 9. The third kappa shape index (κ3) is 7.00. The maximum Gasteiger partial charge on any atom is 0.224 e. The Kier molecular flexibility index (Phi) is 9.04. The van der Waals surface area contributed by atoms with Crippen molar-refractivity contribution in [3.63, 3.8) is 0 Å². The predicted molar refractivity (Wildman–Crippen MR) is 172 cm³/mol. The minimum atomic E-state index is -0.709. The summed E-state index contributed by atoms with van der Waals surface area (Å²) in [5.41, 5.74) is 10.8. The van der Waals surface area contributed by atoms with Gasteiger partial charge in [0.25, 0.3) is 0 Å². The molecule has 228 valence electrons. The van der Waals surface area contributed by atoms with Crippen LogP contribution in [-0.2, 0) is 15.1 Å². The summed E-state index contributed by atoms with van der Waals surface area (Å²) in [5, 5.41) is 13.3. The number of benzene rings is 2. The van der Waals surface area contributed by atoms with Crippen LogP contribution in [0.15, 0.2) is 66.9 Å². The Bertz CT molecular complexity index is 1420. The average molecular weight is 583 g/mol. The Labute approximate surface area is 255 Å². The molecule has 3 aromatic rings. The van der Waals surface area contributed by atoms with E-state index in [1.807, 2.05) is 79.4 Å². The molecular formula is C36H46N4O3. The van der Waals surface area contributed by atoms with Crippen LogP contribution in [0.3, 0.4) is 0 Å². The molecule has 5 rings (SSSR count). The summed E-state index contributed by atoms with van der Waals surface area (Å²) >= 11 is 0. The molecule has 0 saturated heterocycles. The first kappa shape index (κ1) is 30.9. The van der Waals surface area contributed by atoms with Crippen LogP contribution >= 0.6 is 0 Å². The zero-order valence-electron chi connectivity index (χ0n) is 26.0. The summed E-state index contributed by atoms with van der Waals surface area (Å²) in [7, 11) is 0. The molecule has 2 amide bonds. The molecule has 2 aliphatic carbocycles. The van der Waals surface area contributed by atoms with Gasteiger partial charge in [-0.25, -0.2) is 0 Å². The molecule has 0 spiro atoms. The molecule has 2 fully saturated rings. The fraction of sp³-hybridized carbons (Fsp3) is 0.472. The molecule has 4 N–H and O–H groups in total. The van der Waals surface area contributed by atoms with Crippen LogP contribution in [0.2, 0.25) is 0 Å². The highest BCUT2D eigenvalue weighted by Gasteiger charge is 2.49. The highest BCUT2D eigenvalue weighted by atomic mass is 16.3. The molecule has 1 heterocycles. The van der Waals surface area contributed by atoms with Gasteiger partial charge in [-0.3, -0.25) is 14.6 Å². The van der Waals surface area contributed by atoms with Crippen molar-refractivity contribution >= 4 is 17.5 Å². The third-order valence-electron chi connectivity index (χ3n) is 9.21. The minimum Gasteiger partial charge on any atom is -0.390 e. The van der Waals surface area contributed by atoms with Crippen LogP contribution in [-0.4, -0.2) is 44.5 Å². The highest BCUT2D eigenvalue weighted by Crippen LogP contribution is 2.46. The number of hydrogen-bond acceptors (Lipinski definition) is 5. The predicted octanol–water partition coefficient (Wildman–Crippen LogP) is 6.65. The molecule has 2 saturated carbocycles. The number of pyridine rings is 1. The van der Waals surface area contributed by atoms with Crippen LogP contribution in [0.25, 0.3) is 22.4 Å². The zero-order chi connectivity index (χ0) is 30.8. The monoisotopic (exact) mass is 582 g/mol. The number of aliphatic hydroxyl groups is 1. The number of aromatic nitrogens is 1. The molecule has 1 aromatic heterocycles. The average Bonchev–Trinajstić information content (AvgIpc) is 2.97. The second-order valence-electron chi connectivity index (χ2n) is 13.2. The fourth-order valence-electron chi connectivity index (χ4n) is 7.27.